The number of hydrogen-bond donors (Lipinski definition) is 5. The molecule has 0 aliphatic carbocycles. The number of anilines is 4. The lowest BCUT2D eigenvalue weighted by Gasteiger charge is -2.43. The van der Waals surface area contributed by atoms with Crippen LogP contribution < -0.4 is 31.9 Å². The average Bonchev–Trinajstić information content (AvgIpc) is 3.08. The number of nitrogen functional groups attached to an aromatic ring is 2. The summed E-state index contributed by atoms with van der Waals surface area (Å²) < 4.78 is 0. The predicted molar refractivity (Wildman–Crippen MR) is 189 cm³/mol. The Morgan fingerprint density at radius 1 is 0.812 bits per heavy atom. The molecule has 16 heteroatoms. The summed E-state index contributed by atoms with van der Waals surface area (Å²) in [5, 5.41) is 31.6. The Morgan fingerprint density at radius 2 is 1.29 bits per heavy atom. The first-order valence-corrected chi connectivity index (χ1v) is 16.4. The third kappa shape index (κ3) is 8.32. The van der Waals surface area contributed by atoms with Gasteiger partial charge in [0.05, 0.1) is 29.2 Å². The number of rotatable bonds is 7. The van der Waals surface area contributed by atoms with Gasteiger partial charge >= 0.3 is 0 Å². The Kier molecular flexibility index (Phi) is 12.2. The highest BCUT2D eigenvalue weighted by Gasteiger charge is 2.32. The van der Waals surface area contributed by atoms with Gasteiger partial charge in [0.15, 0.2) is 16.8 Å². The molecule has 2 aromatic heterocycles. The molecule has 1 aromatic carbocycles. The monoisotopic (exact) mass is 682 g/mol. The quantitative estimate of drug-likeness (QED) is 0.240. The van der Waals surface area contributed by atoms with Gasteiger partial charge in [0.25, 0.3) is 0 Å². The van der Waals surface area contributed by atoms with Crippen LogP contribution in [-0.2, 0) is 9.59 Å². The zero-order chi connectivity index (χ0) is 35.1. The molecule has 7 N–H and O–H groups in total. The number of aromatic hydroxyl groups is 1. The topological polar surface area (TPSA) is 195 Å². The van der Waals surface area contributed by atoms with Crippen LogP contribution in [0.1, 0.15) is 27.7 Å². The highest BCUT2D eigenvalue weighted by Crippen LogP contribution is 2.32. The van der Waals surface area contributed by atoms with Crippen LogP contribution in [0.25, 0.3) is 11.3 Å². The van der Waals surface area contributed by atoms with Crippen molar-refractivity contribution in [1.29, 1.82) is 0 Å². The molecule has 15 nitrogen and oxygen atoms in total. The largest absolute Gasteiger partial charge is 0.507 e. The molecule has 2 aliphatic rings. The van der Waals surface area contributed by atoms with Gasteiger partial charge in [-0.25, -0.2) is 0 Å². The van der Waals surface area contributed by atoms with Crippen molar-refractivity contribution in [3.8, 4) is 17.0 Å². The van der Waals surface area contributed by atoms with Crippen molar-refractivity contribution in [1.82, 2.24) is 40.8 Å². The van der Waals surface area contributed by atoms with Crippen LogP contribution in [0.15, 0.2) is 36.4 Å². The van der Waals surface area contributed by atoms with Crippen molar-refractivity contribution in [2.45, 2.75) is 51.9 Å². The number of carbonyl (C=O) groups is 2. The molecule has 2 fully saturated rings. The van der Waals surface area contributed by atoms with Gasteiger partial charge in [-0.15, -0.1) is 20.4 Å². The molecule has 0 saturated carbocycles. The van der Waals surface area contributed by atoms with Gasteiger partial charge < -0.3 is 37.0 Å². The molecule has 0 spiro atoms. The van der Waals surface area contributed by atoms with Crippen LogP contribution in [-0.4, -0.2) is 125 Å². The molecule has 0 bridgehead atoms. The molecule has 3 aromatic rings. The predicted octanol–water partition coefficient (Wildman–Crippen LogP) is 1.43. The molecule has 0 radical (unpaired) electrons. The third-order valence-corrected chi connectivity index (χ3v) is 9.22. The van der Waals surface area contributed by atoms with Crippen LogP contribution >= 0.6 is 11.6 Å². The van der Waals surface area contributed by atoms with E-state index < -0.39 is 0 Å². The molecule has 2 amide bonds. The first kappa shape index (κ1) is 36.4. The summed E-state index contributed by atoms with van der Waals surface area (Å²) in [6, 6.07) is 10.7. The smallest absolute Gasteiger partial charge is 0.236 e. The van der Waals surface area contributed by atoms with Crippen LogP contribution in [0.5, 0.6) is 5.75 Å². The van der Waals surface area contributed by atoms with Crippen LogP contribution in [0.3, 0.4) is 0 Å². The summed E-state index contributed by atoms with van der Waals surface area (Å²) in [5.41, 5.74) is 14.8. The molecule has 48 heavy (non-hydrogen) atoms. The fourth-order valence-corrected chi connectivity index (χ4v) is 6.48. The Bertz CT molecular complexity index is 1580. The molecule has 4 atom stereocenters. The molecule has 2 unspecified atom stereocenters. The average molecular weight is 683 g/mol. The SMILES string of the molecule is CNC(=O)C(C)N1CCN(c2cc(-c3ccccc3O)nnc2N)C[C@H]1C.CNC(=O)C(C)N1CCN(c2cc(Cl)nnc2N)C[C@H]1C. The molecular weight excluding hydrogens is 636 g/mol. The number of nitrogens with two attached hydrogens (primary N) is 2. The summed E-state index contributed by atoms with van der Waals surface area (Å²) >= 11 is 5.89. The van der Waals surface area contributed by atoms with Crippen molar-refractivity contribution in [3.05, 3.63) is 41.6 Å². The van der Waals surface area contributed by atoms with Crippen molar-refractivity contribution in [3.63, 3.8) is 0 Å². The number of likely N-dealkylation sites (N-methyl/N-ethyl adjacent to an activating group) is 2. The van der Waals surface area contributed by atoms with Gasteiger partial charge in [-0.1, -0.05) is 23.7 Å². The summed E-state index contributed by atoms with van der Waals surface area (Å²) in [6.45, 7) is 12.5. The van der Waals surface area contributed by atoms with Gasteiger partial charge in [0.1, 0.15) is 5.75 Å². The van der Waals surface area contributed by atoms with E-state index in [4.69, 9.17) is 23.1 Å². The highest BCUT2D eigenvalue weighted by molar-refractivity contribution is 6.29. The van der Waals surface area contributed by atoms with Gasteiger partial charge in [-0.05, 0) is 45.9 Å². The van der Waals surface area contributed by atoms with Crippen LogP contribution in [0, 0.1) is 0 Å². The minimum atomic E-state index is -0.183. The number of para-hydroxylation sites is 1. The maximum Gasteiger partial charge on any atom is 0.236 e. The normalized spacial score (nSPS) is 19.9. The summed E-state index contributed by atoms with van der Waals surface area (Å²) in [5.74, 6) is 0.930. The van der Waals surface area contributed by atoms with Crippen molar-refractivity contribution >= 4 is 46.4 Å². The second-order valence-electron chi connectivity index (χ2n) is 12.1. The molecular formula is C32H47ClN12O3. The van der Waals surface area contributed by atoms with Gasteiger partial charge in [0, 0.05) is 77.1 Å². The Balaban J connectivity index is 0.000000224. The summed E-state index contributed by atoms with van der Waals surface area (Å²) in [6.07, 6.45) is 0. The van der Waals surface area contributed by atoms with E-state index in [2.05, 4.69) is 64.5 Å². The van der Waals surface area contributed by atoms with Gasteiger partial charge in [0.2, 0.25) is 11.8 Å². The number of nitrogens with zero attached hydrogens (tertiary/aromatic N) is 8. The van der Waals surface area contributed by atoms with Gasteiger partial charge in [-0.2, -0.15) is 0 Å². The number of benzene rings is 1. The minimum absolute atomic E-state index is 0.0160. The zero-order valence-corrected chi connectivity index (χ0v) is 29.1. The van der Waals surface area contributed by atoms with E-state index >= 15 is 0 Å². The molecule has 2 saturated heterocycles. The second-order valence-corrected chi connectivity index (χ2v) is 12.5. The van der Waals surface area contributed by atoms with E-state index in [1.807, 2.05) is 26.0 Å². The molecule has 5 rings (SSSR count). The number of piperazine rings is 2. The first-order valence-electron chi connectivity index (χ1n) is 16.0. The maximum atomic E-state index is 12.0. The van der Waals surface area contributed by atoms with E-state index in [9.17, 15) is 14.7 Å². The maximum absolute atomic E-state index is 12.0. The Labute approximate surface area is 286 Å². The van der Waals surface area contributed by atoms with E-state index in [1.165, 1.54) is 0 Å². The number of phenols is 1. The van der Waals surface area contributed by atoms with Crippen molar-refractivity contribution in [2.75, 3.05) is 74.6 Å². The van der Waals surface area contributed by atoms with E-state index in [-0.39, 0.29) is 41.7 Å². The highest BCUT2D eigenvalue weighted by atomic mass is 35.5. The lowest BCUT2D eigenvalue weighted by atomic mass is 10.1. The first-order chi connectivity index (χ1) is 22.9. The molecule has 2 aliphatic heterocycles. The Hall–Kier alpha value is -4.47. The lowest BCUT2D eigenvalue weighted by Crippen LogP contribution is -2.58. The second kappa shape index (κ2) is 16.1. The van der Waals surface area contributed by atoms with Crippen LogP contribution in [0.2, 0.25) is 5.15 Å². The van der Waals surface area contributed by atoms with E-state index in [0.717, 1.165) is 50.6 Å². The Morgan fingerprint density at radius 3 is 1.77 bits per heavy atom. The van der Waals surface area contributed by atoms with E-state index in [0.29, 0.717) is 28.0 Å². The third-order valence-electron chi connectivity index (χ3n) is 9.04. The van der Waals surface area contributed by atoms with Crippen molar-refractivity contribution < 1.29 is 14.7 Å². The fourth-order valence-electron chi connectivity index (χ4n) is 6.34. The number of halogens is 1. The number of aromatic nitrogens is 4. The molecule has 4 heterocycles. The standard InChI is InChI=1S/C19H26N6O2.C13H21ClN6O/c1-12-11-24(8-9-25(12)13(2)19(27)21-3)16-10-15(22-23-18(16)20)14-6-4-5-7-17(14)26;1-8-7-19(10-6-11(14)17-18-12(10)15)4-5-20(8)9(2)13(21)16-3/h4-7,10,12-13,26H,8-9,11H2,1-3H3,(H2,20,23)(H,21,27);6,8-9H,4-5,7H2,1-3H3,(H2,15,18)(H,16,21)/t12-,13?;8-,9?/m11/s1. The minimum Gasteiger partial charge on any atom is -0.507 e. The summed E-state index contributed by atoms with van der Waals surface area (Å²) in [7, 11) is 3.31. The number of carbonyl (C=O) groups excluding carboxylic acids is 2. The fraction of sp³-hybridized carbons (Fsp3) is 0.500. The number of nitrogens with one attached hydrogen (secondary N) is 2. The van der Waals surface area contributed by atoms with E-state index in [1.54, 1.807) is 38.4 Å². The van der Waals surface area contributed by atoms with Crippen LogP contribution in [0.4, 0.5) is 23.0 Å². The van der Waals surface area contributed by atoms with Gasteiger partial charge in [-0.3, -0.25) is 19.4 Å². The zero-order valence-electron chi connectivity index (χ0n) is 28.4. The van der Waals surface area contributed by atoms with Crippen molar-refractivity contribution in [2.24, 2.45) is 0 Å². The number of phenolic OH excluding ortho intramolecular Hbond substituents is 1. The lowest BCUT2D eigenvalue weighted by molar-refractivity contribution is -0.127. The number of amides is 2. The number of hydrogen-bond acceptors (Lipinski definition) is 13. The molecule has 260 valence electrons. The summed E-state index contributed by atoms with van der Waals surface area (Å²) in [4.78, 5) is 32.4.